The Morgan fingerprint density at radius 2 is 1.75 bits per heavy atom. The number of aryl methyl sites for hydroxylation is 1. The van der Waals surface area contributed by atoms with Gasteiger partial charge in [-0.05, 0) is 50.6 Å². The predicted molar refractivity (Wildman–Crippen MR) is 137 cm³/mol. The van der Waals surface area contributed by atoms with E-state index in [0.29, 0.717) is 0 Å². The van der Waals surface area contributed by atoms with Crippen LogP contribution in [-0.2, 0) is 4.79 Å². The maximum Gasteiger partial charge on any atom is 0.234 e. The van der Waals surface area contributed by atoms with Crippen LogP contribution in [0.15, 0.2) is 65.3 Å². The molecule has 2 aromatic carbocycles. The van der Waals surface area contributed by atoms with Gasteiger partial charge < -0.3 is 10.2 Å². The molecule has 2 aromatic heterocycles. The molecule has 0 fully saturated rings. The number of rotatable bonds is 8. The van der Waals surface area contributed by atoms with Crippen LogP contribution >= 0.6 is 23.1 Å². The molecule has 0 radical (unpaired) electrons. The average Bonchev–Trinajstić information content (AvgIpc) is 3.25. The zero-order valence-corrected chi connectivity index (χ0v) is 20.1. The van der Waals surface area contributed by atoms with Gasteiger partial charge in [0.2, 0.25) is 5.91 Å². The van der Waals surface area contributed by atoms with Gasteiger partial charge in [0.05, 0.1) is 11.1 Å². The summed E-state index contributed by atoms with van der Waals surface area (Å²) in [7, 11) is 0. The number of thioether (sulfide) groups is 1. The number of hydrogen-bond acceptors (Lipinski definition) is 6. The van der Waals surface area contributed by atoms with Crippen LogP contribution in [0.1, 0.15) is 19.4 Å². The minimum absolute atomic E-state index is 0.0514. The number of fused-ring (bicyclic) bond motifs is 1. The van der Waals surface area contributed by atoms with E-state index in [4.69, 9.17) is 0 Å². The van der Waals surface area contributed by atoms with Gasteiger partial charge in [0, 0.05) is 35.4 Å². The second-order valence-corrected chi connectivity index (χ2v) is 9.25. The van der Waals surface area contributed by atoms with Crippen molar-refractivity contribution in [3.05, 3.63) is 65.8 Å². The van der Waals surface area contributed by atoms with E-state index >= 15 is 0 Å². The lowest BCUT2D eigenvalue weighted by atomic mass is 10.1. The SMILES string of the molecule is CCN(CC)c1ccc(NC(=O)CSc2ncnc3scc(-c4ccc(C)cc4)c23)cc1. The van der Waals surface area contributed by atoms with Crippen LogP contribution in [0.5, 0.6) is 0 Å². The third kappa shape index (κ3) is 4.95. The minimum Gasteiger partial charge on any atom is -0.372 e. The molecule has 5 nitrogen and oxygen atoms in total. The molecule has 4 aromatic rings. The number of benzene rings is 2. The van der Waals surface area contributed by atoms with Crippen molar-refractivity contribution in [1.29, 1.82) is 0 Å². The predicted octanol–water partition coefficient (Wildman–Crippen LogP) is 6.24. The summed E-state index contributed by atoms with van der Waals surface area (Å²) in [6.07, 6.45) is 1.57. The molecule has 0 atom stereocenters. The van der Waals surface area contributed by atoms with Crippen LogP contribution in [0.25, 0.3) is 21.3 Å². The lowest BCUT2D eigenvalue weighted by molar-refractivity contribution is -0.113. The van der Waals surface area contributed by atoms with Crippen LogP contribution in [-0.4, -0.2) is 34.7 Å². The van der Waals surface area contributed by atoms with E-state index in [0.717, 1.165) is 50.8 Å². The lowest BCUT2D eigenvalue weighted by Gasteiger charge is -2.21. The average molecular weight is 463 g/mol. The molecule has 0 aliphatic heterocycles. The Bertz CT molecular complexity index is 1200. The molecule has 2 heterocycles. The molecule has 0 unspecified atom stereocenters. The number of aromatic nitrogens is 2. The van der Waals surface area contributed by atoms with Crippen molar-refractivity contribution in [2.75, 3.05) is 29.1 Å². The van der Waals surface area contributed by atoms with Crippen molar-refractivity contribution in [3.63, 3.8) is 0 Å². The number of nitrogens with one attached hydrogen (secondary N) is 1. The summed E-state index contributed by atoms with van der Waals surface area (Å²) in [5.41, 5.74) is 5.43. The largest absolute Gasteiger partial charge is 0.372 e. The normalized spacial score (nSPS) is 11.0. The molecule has 1 amide bonds. The zero-order valence-electron chi connectivity index (χ0n) is 18.5. The van der Waals surface area contributed by atoms with E-state index in [1.807, 2.05) is 24.3 Å². The number of thiophene rings is 1. The summed E-state index contributed by atoms with van der Waals surface area (Å²) < 4.78 is 0. The van der Waals surface area contributed by atoms with Crippen molar-refractivity contribution in [2.24, 2.45) is 0 Å². The fraction of sp³-hybridized carbons (Fsp3) is 0.240. The topological polar surface area (TPSA) is 58.1 Å². The van der Waals surface area contributed by atoms with Gasteiger partial charge in [-0.2, -0.15) is 0 Å². The first kappa shape index (κ1) is 22.3. The highest BCUT2D eigenvalue weighted by molar-refractivity contribution is 8.00. The first-order valence-electron chi connectivity index (χ1n) is 10.7. The highest BCUT2D eigenvalue weighted by Crippen LogP contribution is 2.37. The Morgan fingerprint density at radius 1 is 1.03 bits per heavy atom. The van der Waals surface area contributed by atoms with Gasteiger partial charge in [0.15, 0.2) is 0 Å². The first-order chi connectivity index (χ1) is 15.6. The van der Waals surface area contributed by atoms with E-state index in [1.54, 1.807) is 17.7 Å². The van der Waals surface area contributed by atoms with E-state index in [1.165, 1.54) is 17.3 Å². The molecule has 0 bridgehead atoms. The Kier molecular flexibility index (Phi) is 7.07. The summed E-state index contributed by atoms with van der Waals surface area (Å²) in [6.45, 7) is 8.27. The minimum atomic E-state index is -0.0514. The zero-order chi connectivity index (χ0) is 22.5. The summed E-state index contributed by atoms with van der Waals surface area (Å²) in [5.74, 6) is 0.233. The molecule has 32 heavy (non-hydrogen) atoms. The quantitative estimate of drug-likeness (QED) is 0.248. The van der Waals surface area contributed by atoms with Gasteiger partial charge in [-0.15, -0.1) is 11.3 Å². The summed E-state index contributed by atoms with van der Waals surface area (Å²) in [6, 6.07) is 16.4. The Morgan fingerprint density at radius 3 is 2.44 bits per heavy atom. The number of carbonyl (C=O) groups is 1. The maximum absolute atomic E-state index is 12.6. The van der Waals surface area contributed by atoms with Crippen molar-refractivity contribution in [3.8, 4) is 11.1 Å². The van der Waals surface area contributed by atoms with Gasteiger partial charge in [0.25, 0.3) is 0 Å². The van der Waals surface area contributed by atoms with Crippen LogP contribution in [0.4, 0.5) is 11.4 Å². The summed E-state index contributed by atoms with van der Waals surface area (Å²) >= 11 is 3.05. The third-order valence-corrected chi connectivity index (χ3v) is 7.19. The molecule has 0 saturated carbocycles. The summed E-state index contributed by atoms with van der Waals surface area (Å²) in [4.78, 5) is 24.7. The second-order valence-electron chi connectivity index (χ2n) is 7.43. The van der Waals surface area contributed by atoms with Crippen molar-refractivity contribution in [2.45, 2.75) is 25.8 Å². The Hall–Kier alpha value is -2.90. The van der Waals surface area contributed by atoms with E-state index < -0.39 is 0 Å². The van der Waals surface area contributed by atoms with Crippen molar-refractivity contribution < 1.29 is 4.79 Å². The van der Waals surface area contributed by atoms with Crippen LogP contribution in [0.3, 0.4) is 0 Å². The molecular weight excluding hydrogens is 436 g/mol. The fourth-order valence-corrected chi connectivity index (χ4v) is 5.37. The number of anilines is 2. The molecule has 1 N–H and O–H groups in total. The number of hydrogen-bond donors (Lipinski definition) is 1. The van der Waals surface area contributed by atoms with Gasteiger partial charge in [-0.25, -0.2) is 9.97 Å². The standard InChI is InChI=1S/C25H26N4OS2/c1-4-29(5-2)20-12-10-19(11-13-20)28-22(30)15-32-25-23-21(14-31-24(23)26-16-27-25)18-8-6-17(3)7-9-18/h6-14,16H,4-5,15H2,1-3H3,(H,28,30). The molecule has 0 spiro atoms. The molecule has 4 rings (SSSR count). The van der Waals surface area contributed by atoms with Crippen LogP contribution in [0.2, 0.25) is 0 Å². The number of nitrogens with zero attached hydrogens (tertiary/aromatic N) is 3. The Labute approximate surface area is 196 Å². The molecule has 7 heteroatoms. The molecule has 0 saturated heterocycles. The smallest absolute Gasteiger partial charge is 0.234 e. The second kappa shape index (κ2) is 10.1. The number of carbonyl (C=O) groups excluding carboxylic acids is 1. The maximum atomic E-state index is 12.6. The van der Waals surface area contributed by atoms with Gasteiger partial charge in [0.1, 0.15) is 16.2 Å². The highest BCUT2D eigenvalue weighted by Gasteiger charge is 2.15. The fourth-order valence-electron chi connectivity index (χ4n) is 3.58. The monoisotopic (exact) mass is 462 g/mol. The van der Waals surface area contributed by atoms with E-state index in [2.05, 4.69) is 70.6 Å². The molecule has 164 valence electrons. The van der Waals surface area contributed by atoms with Crippen LogP contribution < -0.4 is 10.2 Å². The van der Waals surface area contributed by atoms with E-state index in [9.17, 15) is 4.79 Å². The van der Waals surface area contributed by atoms with Gasteiger partial charge >= 0.3 is 0 Å². The summed E-state index contributed by atoms with van der Waals surface area (Å²) in [5, 5.41) is 6.96. The molecule has 0 aliphatic carbocycles. The Balaban J connectivity index is 1.47. The molecular formula is C25H26N4OS2. The highest BCUT2D eigenvalue weighted by atomic mass is 32.2. The van der Waals surface area contributed by atoms with Crippen molar-refractivity contribution >= 4 is 50.6 Å². The molecule has 0 aliphatic rings. The van der Waals surface area contributed by atoms with Crippen LogP contribution in [0, 0.1) is 6.92 Å². The van der Waals surface area contributed by atoms with Gasteiger partial charge in [-0.1, -0.05) is 41.6 Å². The van der Waals surface area contributed by atoms with Crippen molar-refractivity contribution in [1.82, 2.24) is 9.97 Å². The third-order valence-electron chi connectivity index (χ3n) is 5.32. The van der Waals surface area contributed by atoms with Gasteiger partial charge in [-0.3, -0.25) is 4.79 Å². The first-order valence-corrected chi connectivity index (χ1v) is 12.5. The van der Waals surface area contributed by atoms with E-state index in [-0.39, 0.29) is 11.7 Å². The number of amides is 1. The lowest BCUT2D eigenvalue weighted by Crippen LogP contribution is -2.21.